The van der Waals surface area contributed by atoms with Gasteiger partial charge in [-0.05, 0) is 12.8 Å². The maximum Gasteiger partial charge on any atom is 0.317 e. The Morgan fingerprint density at radius 3 is 2.56 bits per heavy atom. The predicted molar refractivity (Wildman–Crippen MR) is 69.3 cm³/mol. The second-order valence-electron chi connectivity index (χ2n) is 4.35. The van der Waals surface area contributed by atoms with Gasteiger partial charge in [-0.1, -0.05) is 24.4 Å². The number of aromatic nitrogens is 2. The summed E-state index contributed by atoms with van der Waals surface area (Å²) in [4.78, 5) is 21.8. The Morgan fingerprint density at radius 2 is 1.89 bits per heavy atom. The van der Waals surface area contributed by atoms with E-state index in [1.54, 1.807) is 6.20 Å². The van der Waals surface area contributed by atoms with Crippen molar-refractivity contribution in [3.05, 3.63) is 23.2 Å². The summed E-state index contributed by atoms with van der Waals surface area (Å²) in [6, 6.07) is -0.0429. The van der Waals surface area contributed by atoms with Gasteiger partial charge < -0.3 is 10.2 Å². The molecule has 2 rings (SSSR count). The first-order valence-corrected chi connectivity index (χ1v) is 6.63. The molecule has 0 saturated carbocycles. The van der Waals surface area contributed by atoms with Gasteiger partial charge in [0.15, 0.2) is 5.15 Å². The molecule has 0 atom stereocenters. The summed E-state index contributed by atoms with van der Waals surface area (Å²) in [5.41, 5.74) is 0.599. The first-order chi connectivity index (χ1) is 8.77. The minimum atomic E-state index is -0.0429. The Labute approximate surface area is 112 Å². The van der Waals surface area contributed by atoms with E-state index >= 15 is 0 Å². The lowest BCUT2D eigenvalue weighted by molar-refractivity contribution is 0.199. The lowest BCUT2D eigenvalue weighted by Crippen LogP contribution is -2.40. The molecular weight excluding hydrogens is 252 g/mol. The van der Waals surface area contributed by atoms with E-state index in [9.17, 15) is 4.79 Å². The van der Waals surface area contributed by atoms with Gasteiger partial charge in [-0.2, -0.15) is 0 Å². The highest BCUT2D eigenvalue weighted by molar-refractivity contribution is 6.29. The van der Waals surface area contributed by atoms with E-state index in [2.05, 4.69) is 15.3 Å². The van der Waals surface area contributed by atoms with Crippen molar-refractivity contribution in [2.45, 2.75) is 32.2 Å². The van der Waals surface area contributed by atoms with E-state index in [1.165, 1.54) is 19.0 Å². The molecule has 1 aliphatic heterocycles. The zero-order chi connectivity index (χ0) is 12.8. The van der Waals surface area contributed by atoms with Crippen LogP contribution in [0.25, 0.3) is 0 Å². The number of rotatable bonds is 2. The number of carbonyl (C=O) groups excluding carboxylic acids is 1. The van der Waals surface area contributed by atoms with Crippen LogP contribution in [0.2, 0.25) is 5.15 Å². The van der Waals surface area contributed by atoms with E-state index in [1.807, 2.05) is 4.90 Å². The number of halogens is 1. The molecule has 0 spiro atoms. The first-order valence-electron chi connectivity index (χ1n) is 6.25. The van der Waals surface area contributed by atoms with Crippen molar-refractivity contribution in [3.8, 4) is 0 Å². The summed E-state index contributed by atoms with van der Waals surface area (Å²) in [6.07, 6.45) is 7.68. The van der Waals surface area contributed by atoms with Crippen molar-refractivity contribution >= 4 is 17.6 Å². The lowest BCUT2D eigenvalue weighted by Gasteiger charge is -2.20. The van der Waals surface area contributed by atoms with Gasteiger partial charge in [0, 0.05) is 25.5 Å². The largest absolute Gasteiger partial charge is 0.332 e. The van der Waals surface area contributed by atoms with Crippen LogP contribution in [0, 0.1) is 0 Å². The van der Waals surface area contributed by atoms with Gasteiger partial charge in [0.25, 0.3) is 0 Å². The van der Waals surface area contributed by atoms with E-state index < -0.39 is 0 Å². The second-order valence-corrected chi connectivity index (χ2v) is 4.71. The minimum absolute atomic E-state index is 0.0429. The summed E-state index contributed by atoms with van der Waals surface area (Å²) in [6.45, 7) is 1.99. The van der Waals surface area contributed by atoms with Crippen LogP contribution < -0.4 is 5.32 Å². The van der Waals surface area contributed by atoms with Gasteiger partial charge in [0.1, 0.15) is 0 Å². The highest BCUT2D eigenvalue weighted by Gasteiger charge is 2.15. The average Bonchev–Trinajstić information content (AvgIpc) is 2.66. The predicted octanol–water partition coefficient (Wildman–Crippen LogP) is 2.22. The van der Waals surface area contributed by atoms with Gasteiger partial charge in [0.05, 0.1) is 12.2 Å². The molecule has 1 saturated heterocycles. The van der Waals surface area contributed by atoms with Crippen molar-refractivity contribution in [2.75, 3.05) is 13.1 Å². The number of amides is 2. The fraction of sp³-hybridized carbons (Fsp3) is 0.583. The van der Waals surface area contributed by atoms with Gasteiger partial charge in [-0.3, -0.25) is 4.98 Å². The summed E-state index contributed by atoms with van der Waals surface area (Å²) in [5.74, 6) is 0. The van der Waals surface area contributed by atoms with Crippen molar-refractivity contribution in [1.82, 2.24) is 20.2 Å². The van der Waals surface area contributed by atoms with Gasteiger partial charge in [-0.25, -0.2) is 9.78 Å². The number of hydrogen-bond donors (Lipinski definition) is 1. The quantitative estimate of drug-likeness (QED) is 0.895. The van der Waals surface area contributed by atoms with Crippen LogP contribution in [-0.2, 0) is 6.54 Å². The SMILES string of the molecule is O=C(NCc1nccnc1Cl)N1CCCCCC1. The van der Waals surface area contributed by atoms with Crippen LogP contribution in [0.15, 0.2) is 12.4 Å². The van der Waals surface area contributed by atoms with Gasteiger partial charge >= 0.3 is 6.03 Å². The van der Waals surface area contributed by atoms with Crippen molar-refractivity contribution in [2.24, 2.45) is 0 Å². The molecule has 1 fully saturated rings. The molecule has 1 aromatic rings. The van der Waals surface area contributed by atoms with Crippen LogP contribution in [0.5, 0.6) is 0 Å². The second kappa shape index (κ2) is 6.54. The molecule has 1 N–H and O–H groups in total. The Morgan fingerprint density at radius 1 is 1.22 bits per heavy atom. The molecule has 0 aromatic carbocycles. The third kappa shape index (κ3) is 3.57. The average molecular weight is 269 g/mol. The molecule has 5 nitrogen and oxygen atoms in total. The minimum Gasteiger partial charge on any atom is -0.332 e. The lowest BCUT2D eigenvalue weighted by atomic mass is 10.2. The molecule has 2 amide bonds. The van der Waals surface area contributed by atoms with Crippen molar-refractivity contribution in [1.29, 1.82) is 0 Å². The van der Waals surface area contributed by atoms with E-state index in [-0.39, 0.29) is 6.03 Å². The summed E-state index contributed by atoms with van der Waals surface area (Å²) in [7, 11) is 0. The Hall–Kier alpha value is -1.36. The molecular formula is C12H17ClN4O. The number of urea groups is 1. The highest BCUT2D eigenvalue weighted by atomic mass is 35.5. The van der Waals surface area contributed by atoms with Crippen LogP contribution in [0.1, 0.15) is 31.4 Å². The Kier molecular flexibility index (Phi) is 4.75. The third-order valence-electron chi connectivity index (χ3n) is 3.02. The molecule has 1 aromatic heterocycles. The maximum atomic E-state index is 12.0. The smallest absolute Gasteiger partial charge is 0.317 e. The molecule has 2 heterocycles. The zero-order valence-corrected chi connectivity index (χ0v) is 11.0. The summed E-state index contributed by atoms with van der Waals surface area (Å²) >= 11 is 5.88. The van der Waals surface area contributed by atoms with Crippen LogP contribution in [0.3, 0.4) is 0 Å². The van der Waals surface area contributed by atoms with Gasteiger partial charge in [-0.15, -0.1) is 0 Å². The van der Waals surface area contributed by atoms with Crippen LogP contribution in [0.4, 0.5) is 4.79 Å². The molecule has 0 bridgehead atoms. The third-order valence-corrected chi connectivity index (χ3v) is 3.34. The van der Waals surface area contributed by atoms with Crippen molar-refractivity contribution < 1.29 is 4.79 Å². The number of carbonyl (C=O) groups is 1. The van der Waals surface area contributed by atoms with E-state index in [4.69, 9.17) is 11.6 Å². The van der Waals surface area contributed by atoms with Gasteiger partial charge in [0.2, 0.25) is 0 Å². The van der Waals surface area contributed by atoms with Crippen molar-refractivity contribution in [3.63, 3.8) is 0 Å². The molecule has 18 heavy (non-hydrogen) atoms. The molecule has 1 aliphatic rings. The molecule has 0 unspecified atom stereocenters. The fourth-order valence-corrected chi connectivity index (χ4v) is 2.19. The normalized spacial score (nSPS) is 16.2. The number of hydrogen-bond acceptors (Lipinski definition) is 3. The standard InChI is InChI=1S/C12H17ClN4O/c13-11-10(14-5-6-15-11)9-16-12(18)17-7-3-1-2-4-8-17/h5-6H,1-4,7-9H2,(H,16,18). The topological polar surface area (TPSA) is 58.1 Å². The number of likely N-dealkylation sites (tertiary alicyclic amines) is 1. The Balaban J connectivity index is 1.86. The first kappa shape index (κ1) is 13.1. The highest BCUT2D eigenvalue weighted by Crippen LogP contribution is 2.11. The molecule has 98 valence electrons. The van der Waals surface area contributed by atoms with E-state index in [0.717, 1.165) is 25.9 Å². The fourth-order valence-electron chi connectivity index (χ4n) is 2.01. The number of nitrogens with one attached hydrogen (secondary N) is 1. The molecule has 0 radical (unpaired) electrons. The van der Waals surface area contributed by atoms with E-state index in [0.29, 0.717) is 17.4 Å². The summed E-state index contributed by atoms with van der Waals surface area (Å²) in [5, 5.41) is 3.18. The maximum absolute atomic E-state index is 12.0. The van der Waals surface area contributed by atoms with Crippen LogP contribution in [-0.4, -0.2) is 34.0 Å². The number of nitrogens with zero attached hydrogens (tertiary/aromatic N) is 3. The molecule has 6 heteroatoms. The van der Waals surface area contributed by atoms with Crippen LogP contribution >= 0.6 is 11.6 Å². The monoisotopic (exact) mass is 268 g/mol. The zero-order valence-electron chi connectivity index (χ0n) is 10.2. The molecule has 0 aliphatic carbocycles. The Bertz CT molecular complexity index is 405. The summed E-state index contributed by atoms with van der Waals surface area (Å²) < 4.78 is 0.